The average Bonchev–Trinajstić information content (AvgIpc) is 2.49. The van der Waals surface area contributed by atoms with E-state index >= 15 is 0 Å². The molecule has 0 atom stereocenters. The van der Waals surface area contributed by atoms with Crippen LogP contribution in [0.5, 0.6) is 0 Å². The fourth-order valence-corrected chi connectivity index (χ4v) is 1.99. The molecule has 1 aromatic heterocycles. The van der Waals surface area contributed by atoms with Crippen molar-refractivity contribution in [3.05, 3.63) is 69.1 Å². The minimum Gasteiger partial charge on any atom is -0.305 e. The standard InChI is InChI=1S/C14H12BrN3O3/c15-11-6-7-13(20)18(8-11)9-12(19)16-17-14(21)10-4-2-1-3-5-10/h1-8H,9H2,(H,16,19)(H,17,21). The van der Waals surface area contributed by atoms with Crippen LogP contribution >= 0.6 is 15.9 Å². The SMILES string of the molecule is O=C(Cn1cc(Br)ccc1=O)NNC(=O)c1ccccc1. The molecule has 2 amide bonds. The van der Waals surface area contributed by atoms with Crippen molar-refractivity contribution in [2.75, 3.05) is 0 Å². The van der Waals surface area contributed by atoms with E-state index in [-0.39, 0.29) is 12.1 Å². The number of pyridine rings is 1. The van der Waals surface area contributed by atoms with Gasteiger partial charge in [-0.15, -0.1) is 0 Å². The lowest BCUT2D eigenvalue weighted by Gasteiger charge is -2.09. The number of nitrogens with zero attached hydrogens (tertiary/aromatic N) is 1. The minimum absolute atomic E-state index is 0.187. The molecule has 0 unspecified atom stereocenters. The number of hydrogen-bond donors (Lipinski definition) is 2. The zero-order valence-corrected chi connectivity index (χ0v) is 12.5. The molecule has 0 aliphatic carbocycles. The first-order chi connectivity index (χ1) is 10.1. The van der Waals surface area contributed by atoms with E-state index in [4.69, 9.17) is 0 Å². The molecule has 0 radical (unpaired) electrons. The van der Waals surface area contributed by atoms with Crippen molar-refractivity contribution in [2.24, 2.45) is 0 Å². The molecule has 7 heteroatoms. The predicted octanol–water partition coefficient (Wildman–Crippen LogP) is 1.07. The summed E-state index contributed by atoms with van der Waals surface area (Å²) in [6.07, 6.45) is 1.50. The molecule has 0 fully saturated rings. The van der Waals surface area contributed by atoms with E-state index in [2.05, 4.69) is 26.8 Å². The maximum atomic E-state index is 11.7. The van der Waals surface area contributed by atoms with Crippen LogP contribution in [0.15, 0.2) is 57.9 Å². The molecule has 0 bridgehead atoms. The van der Waals surface area contributed by atoms with Gasteiger partial charge in [0.15, 0.2) is 0 Å². The van der Waals surface area contributed by atoms with Crippen molar-refractivity contribution >= 4 is 27.7 Å². The van der Waals surface area contributed by atoms with Gasteiger partial charge in [-0.3, -0.25) is 25.2 Å². The number of amides is 2. The van der Waals surface area contributed by atoms with Gasteiger partial charge in [-0.1, -0.05) is 18.2 Å². The highest BCUT2D eigenvalue weighted by Gasteiger charge is 2.08. The topological polar surface area (TPSA) is 80.2 Å². The Labute approximate surface area is 128 Å². The van der Waals surface area contributed by atoms with E-state index in [0.717, 1.165) is 0 Å². The van der Waals surface area contributed by atoms with Crippen LogP contribution in [-0.2, 0) is 11.3 Å². The van der Waals surface area contributed by atoms with E-state index in [1.165, 1.54) is 16.8 Å². The molecule has 108 valence electrons. The Kier molecular flexibility index (Phi) is 4.89. The fourth-order valence-electron chi connectivity index (χ4n) is 1.61. The summed E-state index contributed by atoms with van der Waals surface area (Å²) in [6, 6.07) is 11.4. The summed E-state index contributed by atoms with van der Waals surface area (Å²) in [5.41, 5.74) is 4.68. The molecule has 1 heterocycles. The van der Waals surface area contributed by atoms with Crippen LogP contribution in [0.2, 0.25) is 0 Å². The number of hydrazine groups is 1. The third kappa shape index (κ3) is 4.28. The first-order valence-corrected chi connectivity index (χ1v) is 6.86. The second kappa shape index (κ2) is 6.85. The molecular formula is C14H12BrN3O3. The van der Waals surface area contributed by atoms with Crippen molar-refractivity contribution in [1.29, 1.82) is 0 Å². The Bertz CT molecular complexity index is 713. The number of carbonyl (C=O) groups excluding carboxylic acids is 2. The quantitative estimate of drug-likeness (QED) is 0.813. The number of carbonyl (C=O) groups is 2. The number of hydrogen-bond acceptors (Lipinski definition) is 3. The van der Waals surface area contributed by atoms with Crippen molar-refractivity contribution in [2.45, 2.75) is 6.54 Å². The van der Waals surface area contributed by atoms with Gasteiger partial charge in [-0.25, -0.2) is 0 Å². The molecule has 1 aromatic carbocycles. The number of nitrogens with one attached hydrogen (secondary N) is 2. The van der Waals surface area contributed by atoms with Gasteiger partial charge in [0, 0.05) is 22.3 Å². The van der Waals surface area contributed by atoms with Gasteiger partial charge >= 0.3 is 0 Å². The third-order valence-electron chi connectivity index (χ3n) is 2.61. The van der Waals surface area contributed by atoms with Gasteiger partial charge in [-0.05, 0) is 34.1 Å². The average molecular weight is 350 g/mol. The van der Waals surface area contributed by atoms with Gasteiger partial charge in [0.05, 0.1) is 0 Å². The highest BCUT2D eigenvalue weighted by atomic mass is 79.9. The third-order valence-corrected chi connectivity index (χ3v) is 3.08. The second-order valence-corrected chi connectivity index (χ2v) is 5.10. The molecule has 21 heavy (non-hydrogen) atoms. The van der Waals surface area contributed by atoms with E-state index in [1.807, 2.05) is 0 Å². The maximum Gasteiger partial charge on any atom is 0.269 e. The van der Waals surface area contributed by atoms with E-state index in [0.29, 0.717) is 10.0 Å². The highest BCUT2D eigenvalue weighted by Crippen LogP contribution is 2.04. The molecule has 6 nitrogen and oxygen atoms in total. The number of rotatable bonds is 3. The van der Waals surface area contributed by atoms with Gasteiger partial charge in [-0.2, -0.15) is 0 Å². The molecule has 0 aliphatic heterocycles. The summed E-state index contributed by atoms with van der Waals surface area (Å²) >= 11 is 3.22. The van der Waals surface area contributed by atoms with Gasteiger partial charge in [0.25, 0.3) is 17.4 Å². The first-order valence-electron chi connectivity index (χ1n) is 6.06. The monoisotopic (exact) mass is 349 g/mol. The largest absolute Gasteiger partial charge is 0.305 e. The Morgan fingerprint density at radius 1 is 1.05 bits per heavy atom. The summed E-state index contributed by atoms with van der Waals surface area (Å²) in [6.45, 7) is -0.187. The second-order valence-electron chi connectivity index (χ2n) is 4.18. The van der Waals surface area contributed by atoms with Crippen molar-refractivity contribution in [3.8, 4) is 0 Å². The van der Waals surface area contributed by atoms with Gasteiger partial charge in [0.1, 0.15) is 6.54 Å². The molecule has 0 aliphatic rings. The lowest BCUT2D eigenvalue weighted by molar-refractivity contribution is -0.122. The fraction of sp³-hybridized carbons (Fsp3) is 0.0714. The molecule has 2 N–H and O–H groups in total. The van der Waals surface area contributed by atoms with Crippen LogP contribution in [-0.4, -0.2) is 16.4 Å². The zero-order chi connectivity index (χ0) is 15.2. The Hall–Kier alpha value is -2.41. The van der Waals surface area contributed by atoms with Crippen LogP contribution in [0, 0.1) is 0 Å². The van der Waals surface area contributed by atoms with Crippen LogP contribution < -0.4 is 16.4 Å². The normalized spacial score (nSPS) is 9.95. The number of halogens is 1. The first kappa shape index (κ1) is 15.0. The highest BCUT2D eigenvalue weighted by molar-refractivity contribution is 9.10. The smallest absolute Gasteiger partial charge is 0.269 e. The maximum absolute atomic E-state index is 11.7. The lowest BCUT2D eigenvalue weighted by Crippen LogP contribution is -2.44. The number of benzene rings is 1. The lowest BCUT2D eigenvalue weighted by atomic mass is 10.2. The summed E-state index contributed by atoms with van der Waals surface area (Å²) in [5, 5.41) is 0. The summed E-state index contributed by atoms with van der Waals surface area (Å²) in [7, 11) is 0. The zero-order valence-electron chi connectivity index (χ0n) is 10.9. The summed E-state index contributed by atoms with van der Waals surface area (Å²) < 4.78 is 1.91. The predicted molar refractivity (Wildman–Crippen MR) is 80.5 cm³/mol. The van der Waals surface area contributed by atoms with Crippen molar-refractivity contribution in [3.63, 3.8) is 0 Å². The molecule has 2 aromatic rings. The molecule has 2 rings (SSSR count). The van der Waals surface area contributed by atoms with Crippen molar-refractivity contribution < 1.29 is 9.59 Å². The molecular weight excluding hydrogens is 338 g/mol. The Morgan fingerprint density at radius 2 is 1.76 bits per heavy atom. The van der Waals surface area contributed by atoms with Crippen molar-refractivity contribution in [1.82, 2.24) is 15.4 Å². The van der Waals surface area contributed by atoms with E-state index < -0.39 is 11.8 Å². The molecule has 0 saturated carbocycles. The van der Waals surface area contributed by atoms with Crippen LogP contribution in [0.3, 0.4) is 0 Å². The van der Waals surface area contributed by atoms with Crippen LogP contribution in [0.4, 0.5) is 0 Å². The Morgan fingerprint density at radius 3 is 2.48 bits per heavy atom. The minimum atomic E-state index is -0.500. The molecule has 0 spiro atoms. The Balaban J connectivity index is 1.92. The van der Waals surface area contributed by atoms with Gasteiger partial charge in [0.2, 0.25) is 0 Å². The van der Waals surface area contributed by atoms with Gasteiger partial charge < -0.3 is 4.57 Å². The summed E-state index contributed by atoms with van der Waals surface area (Å²) in [5.74, 6) is -0.926. The van der Waals surface area contributed by atoms with E-state index in [9.17, 15) is 14.4 Å². The molecule has 0 saturated heterocycles. The van der Waals surface area contributed by atoms with Crippen LogP contribution in [0.25, 0.3) is 0 Å². The van der Waals surface area contributed by atoms with Crippen LogP contribution in [0.1, 0.15) is 10.4 Å². The van der Waals surface area contributed by atoms with E-state index in [1.54, 1.807) is 36.4 Å². The summed E-state index contributed by atoms with van der Waals surface area (Å²) in [4.78, 5) is 35.0. The number of aromatic nitrogens is 1.